The number of carbonyl (C=O) groups excluding carboxylic acids is 4. The number of amides is 4. The second-order valence-electron chi connectivity index (χ2n) is 8.83. The zero-order valence-corrected chi connectivity index (χ0v) is 20.6. The van der Waals surface area contributed by atoms with Crippen LogP contribution in [0.2, 0.25) is 0 Å². The molecule has 1 atom stereocenters. The lowest BCUT2D eigenvalue weighted by molar-refractivity contribution is -0.136. The van der Waals surface area contributed by atoms with E-state index < -0.39 is 18.0 Å². The van der Waals surface area contributed by atoms with Crippen molar-refractivity contribution in [2.45, 2.75) is 32.0 Å². The van der Waals surface area contributed by atoms with Crippen LogP contribution in [-0.2, 0) is 27.5 Å². The third kappa shape index (κ3) is 5.15. The van der Waals surface area contributed by atoms with Crippen LogP contribution in [0.4, 0.5) is 10.5 Å². The van der Waals surface area contributed by atoms with Crippen LogP contribution in [0.25, 0.3) is 0 Å². The molecule has 0 aliphatic carbocycles. The molecule has 0 saturated carbocycles. The molecule has 0 spiro atoms. The number of anilines is 1. The fraction of sp³-hybridized carbons (Fsp3) is 0.214. The van der Waals surface area contributed by atoms with Crippen LogP contribution < -0.4 is 20.1 Å². The Morgan fingerprint density at radius 2 is 1.74 bits per heavy atom. The second-order valence-corrected chi connectivity index (χ2v) is 8.83. The van der Waals surface area contributed by atoms with Crippen LogP contribution >= 0.6 is 0 Å². The van der Waals surface area contributed by atoms with E-state index >= 15 is 0 Å². The Bertz CT molecular complexity index is 1390. The molecule has 1 fully saturated rings. The zero-order valence-electron chi connectivity index (χ0n) is 20.6. The van der Waals surface area contributed by atoms with Gasteiger partial charge in [-0.25, -0.2) is 4.79 Å². The van der Waals surface area contributed by atoms with E-state index in [9.17, 15) is 19.2 Å². The first-order valence-electron chi connectivity index (χ1n) is 12.0. The highest BCUT2D eigenvalue weighted by Gasteiger charge is 2.41. The van der Waals surface area contributed by atoms with Gasteiger partial charge in [0.2, 0.25) is 11.8 Å². The van der Waals surface area contributed by atoms with Gasteiger partial charge in [0.15, 0.2) is 0 Å². The van der Waals surface area contributed by atoms with Crippen molar-refractivity contribution in [1.29, 1.82) is 0 Å². The molecule has 1 saturated heterocycles. The normalized spacial score (nSPS) is 16.5. The molecule has 194 valence electrons. The third-order valence-electron chi connectivity index (χ3n) is 6.37. The molecule has 5 rings (SSSR count). The van der Waals surface area contributed by atoms with E-state index in [2.05, 4.69) is 10.6 Å². The van der Waals surface area contributed by atoms with Crippen molar-refractivity contribution < 1.29 is 33.4 Å². The van der Waals surface area contributed by atoms with Crippen molar-refractivity contribution in [3.8, 4) is 17.2 Å². The van der Waals surface area contributed by atoms with E-state index in [0.717, 1.165) is 0 Å². The molecule has 1 unspecified atom stereocenters. The van der Waals surface area contributed by atoms with Gasteiger partial charge < -0.3 is 19.1 Å². The van der Waals surface area contributed by atoms with Gasteiger partial charge in [-0.15, -0.1) is 0 Å². The maximum Gasteiger partial charge on any atom is 0.411 e. The van der Waals surface area contributed by atoms with Gasteiger partial charge in [0, 0.05) is 24.2 Å². The minimum absolute atomic E-state index is 0.136. The summed E-state index contributed by atoms with van der Waals surface area (Å²) in [5.74, 6) is 0.417. The predicted octanol–water partition coefficient (Wildman–Crippen LogP) is 4.00. The van der Waals surface area contributed by atoms with Gasteiger partial charge in [0.05, 0.1) is 12.7 Å². The van der Waals surface area contributed by atoms with E-state index in [1.54, 1.807) is 36.4 Å². The molecule has 4 amide bonds. The maximum atomic E-state index is 13.2. The van der Waals surface area contributed by atoms with Crippen LogP contribution in [0.1, 0.15) is 34.3 Å². The minimum atomic E-state index is -0.729. The Morgan fingerprint density at radius 1 is 1.00 bits per heavy atom. The number of hydrogen-bond donors (Lipinski definition) is 2. The number of ether oxygens (including phenoxy) is 3. The summed E-state index contributed by atoms with van der Waals surface area (Å²) in [7, 11) is 1.43. The lowest BCUT2D eigenvalue weighted by atomic mass is 10.0. The molecule has 10 nitrogen and oxygen atoms in total. The van der Waals surface area contributed by atoms with Gasteiger partial charge in [-0.05, 0) is 48.4 Å². The summed E-state index contributed by atoms with van der Waals surface area (Å²) in [5.41, 5.74) is 2.05. The number of carbonyl (C=O) groups is 4. The van der Waals surface area contributed by atoms with Crippen molar-refractivity contribution in [1.82, 2.24) is 10.2 Å². The average molecular weight is 516 g/mol. The van der Waals surface area contributed by atoms with Gasteiger partial charge in [0.1, 0.15) is 29.9 Å². The van der Waals surface area contributed by atoms with Gasteiger partial charge in [-0.2, -0.15) is 0 Å². The lowest BCUT2D eigenvalue weighted by Gasteiger charge is -2.29. The highest BCUT2D eigenvalue weighted by molar-refractivity contribution is 6.06. The maximum absolute atomic E-state index is 13.2. The molecule has 3 aromatic carbocycles. The molecule has 0 radical (unpaired) electrons. The zero-order chi connectivity index (χ0) is 26.6. The largest absolute Gasteiger partial charge is 0.495 e. The first-order chi connectivity index (χ1) is 18.4. The first kappa shape index (κ1) is 24.8. The minimum Gasteiger partial charge on any atom is -0.495 e. The number of rotatable bonds is 7. The molecule has 2 heterocycles. The molecule has 2 aliphatic rings. The molecule has 3 aromatic rings. The van der Waals surface area contributed by atoms with Gasteiger partial charge in [-0.1, -0.05) is 30.3 Å². The van der Waals surface area contributed by atoms with Crippen molar-refractivity contribution >= 4 is 29.5 Å². The third-order valence-corrected chi connectivity index (χ3v) is 6.37. The van der Waals surface area contributed by atoms with Crippen molar-refractivity contribution in [3.63, 3.8) is 0 Å². The number of imide groups is 1. The van der Waals surface area contributed by atoms with E-state index in [-0.39, 0.29) is 43.6 Å². The second kappa shape index (κ2) is 10.6. The highest BCUT2D eigenvalue weighted by Crippen LogP contribution is 2.36. The monoisotopic (exact) mass is 515 g/mol. The SMILES string of the molecule is COc1c(COC(=O)Nc2ccc(Oc3ccccc3)cc2)ccc2c1C(=O)N(C1CCC(=O)NC1=O)C2. The van der Waals surface area contributed by atoms with E-state index in [0.29, 0.717) is 33.9 Å². The number of piperidine rings is 1. The van der Waals surface area contributed by atoms with Gasteiger partial charge in [-0.3, -0.25) is 25.0 Å². The van der Waals surface area contributed by atoms with E-state index in [4.69, 9.17) is 14.2 Å². The molecule has 38 heavy (non-hydrogen) atoms. The fourth-order valence-electron chi connectivity index (χ4n) is 4.54. The number of nitrogens with zero attached hydrogens (tertiary/aromatic N) is 1. The average Bonchev–Trinajstić information content (AvgIpc) is 3.25. The summed E-state index contributed by atoms with van der Waals surface area (Å²) < 4.78 is 16.6. The molecule has 10 heteroatoms. The Balaban J connectivity index is 1.21. The van der Waals surface area contributed by atoms with Gasteiger partial charge in [0.25, 0.3) is 5.91 Å². The quantitative estimate of drug-likeness (QED) is 0.456. The molecule has 0 aromatic heterocycles. The Morgan fingerprint density at radius 3 is 2.45 bits per heavy atom. The number of nitrogens with one attached hydrogen (secondary N) is 2. The molecular weight excluding hydrogens is 490 g/mol. The van der Waals surface area contributed by atoms with E-state index in [1.807, 2.05) is 30.3 Å². The van der Waals surface area contributed by atoms with Crippen LogP contribution in [-0.4, -0.2) is 41.9 Å². The van der Waals surface area contributed by atoms with Crippen molar-refractivity contribution in [2.24, 2.45) is 0 Å². The Labute approximate surface area is 218 Å². The van der Waals surface area contributed by atoms with E-state index in [1.165, 1.54) is 12.0 Å². The summed E-state index contributed by atoms with van der Waals surface area (Å²) >= 11 is 0. The standard InChI is InChI=1S/C28H25N3O7/c1-36-25-18(8-7-17-15-31(27(34)24(17)25)22-13-14-23(32)30-26(22)33)16-37-28(35)29-19-9-11-21(12-10-19)38-20-5-3-2-4-6-20/h2-12,22H,13-16H2,1H3,(H,29,35)(H,30,32,33). The predicted molar refractivity (Wildman–Crippen MR) is 136 cm³/mol. The number of fused-ring (bicyclic) bond motifs is 1. The van der Waals surface area contributed by atoms with Crippen molar-refractivity contribution in [3.05, 3.63) is 83.4 Å². The van der Waals surface area contributed by atoms with Gasteiger partial charge >= 0.3 is 6.09 Å². The smallest absolute Gasteiger partial charge is 0.411 e. The first-order valence-corrected chi connectivity index (χ1v) is 12.0. The molecule has 2 N–H and O–H groups in total. The number of benzene rings is 3. The van der Waals surface area contributed by atoms with Crippen LogP contribution in [0.15, 0.2) is 66.7 Å². The number of methoxy groups -OCH3 is 1. The summed E-state index contributed by atoms with van der Waals surface area (Å²) in [4.78, 5) is 50.9. The van der Waals surface area contributed by atoms with Crippen LogP contribution in [0.5, 0.6) is 17.2 Å². The lowest BCUT2D eigenvalue weighted by Crippen LogP contribution is -2.52. The topological polar surface area (TPSA) is 123 Å². The van der Waals surface area contributed by atoms with Crippen molar-refractivity contribution in [2.75, 3.05) is 12.4 Å². The molecule has 0 bridgehead atoms. The highest BCUT2D eigenvalue weighted by atomic mass is 16.5. The summed E-state index contributed by atoms with van der Waals surface area (Å²) in [5, 5.41) is 4.94. The number of hydrogen-bond acceptors (Lipinski definition) is 7. The molecule has 2 aliphatic heterocycles. The summed E-state index contributed by atoms with van der Waals surface area (Å²) in [6.45, 7) is 0.0889. The number of para-hydroxylation sites is 1. The molecular formula is C28H25N3O7. The Kier molecular flexibility index (Phi) is 6.94. The Hall–Kier alpha value is -4.86. The summed E-state index contributed by atoms with van der Waals surface area (Å²) in [6, 6.07) is 18.9. The van der Waals surface area contributed by atoms with Crippen LogP contribution in [0.3, 0.4) is 0 Å². The summed E-state index contributed by atoms with van der Waals surface area (Å²) in [6.07, 6.45) is -0.242. The van der Waals surface area contributed by atoms with Crippen LogP contribution in [0, 0.1) is 0 Å². The fourth-order valence-corrected chi connectivity index (χ4v) is 4.54.